The Bertz CT molecular complexity index is 220. The molecule has 0 aromatic heterocycles. The Hall–Kier alpha value is -1.08. The van der Waals surface area contributed by atoms with E-state index in [2.05, 4.69) is 16.7 Å². The smallest absolute Gasteiger partial charge is 0.237 e. The van der Waals surface area contributed by atoms with Crippen LogP contribution in [0.15, 0.2) is 0 Å². The first-order valence-electron chi connectivity index (χ1n) is 5.48. The van der Waals surface area contributed by atoms with Crippen LogP contribution >= 0.6 is 0 Å². The minimum absolute atomic E-state index is 0.0327. The molecular weight excluding hydrogens is 190 g/mol. The molecule has 1 unspecified atom stereocenters. The van der Waals surface area contributed by atoms with Crippen LogP contribution in [0.2, 0.25) is 0 Å². The molecule has 1 atom stereocenters. The number of nitrogens with one attached hydrogen (secondary N) is 2. The molecule has 86 valence electrons. The Kier molecular flexibility index (Phi) is 7.65. The standard InChI is InChI=1S/C11H21N3O/c1-9(2)14-11(15)10(3)13-8-6-4-5-7-12/h9-10,13H,4-6,8H2,1-3H3,(H,14,15). The normalized spacial score (nSPS) is 12.2. The van der Waals surface area contributed by atoms with E-state index in [1.807, 2.05) is 20.8 Å². The maximum absolute atomic E-state index is 11.4. The van der Waals surface area contributed by atoms with Crippen LogP contribution in [0.5, 0.6) is 0 Å². The summed E-state index contributed by atoms with van der Waals surface area (Å²) in [5, 5.41) is 14.3. The minimum atomic E-state index is -0.158. The number of unbranched alkanes of at least 4 members (excludes halogenated alkanes) is 2. The van der Waals surface area contributed by atoms with Gasteiger partial charge in [0.05, 0.1) is 12.1 Å². The van der Waals surface area contributed by atoms with Gasteiger partial charge in [-0.25, -0.2) is 0 Å². The molecule has 0 aliphatic carbocycles. The largest absolute Gasteiger partial charge is 0.353 e. The first kappa shape index (κ1) is 13.9. The van der Waals surface area contributed by atoms with Gasteiger partial charge in [0.15, 0.2) is 0 Å². The lowest BCUT2D eigenvalue weighted by Crippen LogP contribution is -2.44. The average molecular weight is 211 g/mol. The zero-order valence-corrected chi connectivity index (χ0v) is 9.84. The van der Waals surface area contributed by atoms with E-state index in [9.17, 15) is 4.79 Å². The first-order valence-corrected chi connectivity index (χ1v) is 5.48. The highest BCUT2D eigenvalue weighted by atomic mass is 16.2. The topological polar surface area (TPSA) is 64.9 Å². The highest BCUT2D eigenvalue weighted by Crippen LogP contribution is 1.93. The molecule has 0 spiro atoms. The van der Waals surface area contributed by atoms with E-state index in [1.165, 1.54) is 0 Å². The molecule has 0 saturated carbocycles. The summed E-state index contributed by atoms with van der Waals surface area (Å²) in [5.74, 6) is 0.0327. The molecule has 0 heterocycles. The monoisotopic (exact) mass is 211 g/mol. The molecule has 0 rings (SSSR count). The van der Waals surface area contributed by atoms with Crippen molar-refractivity contribution in [1.82, 2.24) is 10.6 Å². The van der Waals surface area contributed by atoms with Gasteiger partial charge in [0, 0.05) is 12.5 Å². The van der Waals surface area contributed by atoms with Crippen LogP contribution in [-0.4, -0.2) is 24.5 Å². The molecule has 0 aromatic rings. The second-order valence-electron chi connectivity index (χ2n) is 3.95. The molecule has 0 radical (unpaired) electrons. The van der Waals surface area contributed by atoms with Gasteiger partial charge in [-0.1, -0.05) is 0 Å². The number of hydrogen-bond donors (Lipinski definition) is 2. The van der Waals surface area contributed by atoms with Crippen molar-refractivity contribution in [2.75, 3.05) is 6.54 Å². The first-order chi connectivity index (χ1) is 7.07. The number of amides is 1. The fourth-order valence-corrected chi connectivity index (χ4v) is 1.15. The van der Waals surface area contributed by atoms with Gasteiger partial charge >= 0.3 is 0 Å². The van der Waals surface area contributed by atoms with E-state index >= 15 is 0 Å². The molecule has 2 N–H and O–H groups in total. The fourth-order valence-electron chi connectivity index (χ4n) is 1.15. The predicted molar refractivity (Wildman–Crippen MR) is 60.2 cm³/mol. The summed E-state index contributed by atoms with van der Waals surface area (Å²) < 4.78 is 0. The fraction of sp³-hybridized carbons (Fsp3) is 0.818. The van der Waals surface area contributed by atoms with Crippen LogP contribution in [0.4, 0.5) is 0 Å². The van der Waals surface area contributed by atoms with Crippen molar-refractivity contribution in [1.29, 1.82) is 5.26 Å². The SMILES string of the molecule is CC(C)NC(=O)C(C)NCCCCC#N. The van der Waals surface area contributed by atoms with E-state index in [4.69, 9.17) is 5.26 Å². The van der Waals surface area contributed by atoms with Crippen LogP contribution in [0, 0.1) is 11.3 Å². The van der Waals surface area contributed by atoms with Gasteiger partial charge in [0.25, 0.3) is 0 Å². The Morgan fingerprint density at radius 3 is 2.53 bits per heavy atom. The van der Waals surface area contributed by atoms with Gasteiger partial charge in [-0.2, -0.15) is 5.26 Å². The summed E-state index contributed by atoms with van der Waals surface area (Å²) >= 11 is 0. The highest BCUT2D eigenvalue weighted by molar-refractivity contribution is 5.81. The van der Waals surface area contributed by atoms with Crippen molar-refractivity contribution >= 4 is 5.91 Å². The number of rotatable bonds is 7. The quantitative estimate of drug-likeness (QED) is 0.621. The lowest BCUT2D eigenvalue weighted by atomic mass is 10.2. The zero-order chi connectivity index (χ0) is 11.7. The lowest BCUT2D eigenvalue weighted by molar-refractivity contribution is -0.123. The van der Waals surface area contributed by atoms with Gasteiger partial charge in [0.2, 0.25) is 5.91 Å². The summed E-state index contributed by atoms with van der Waals surface area (Å²) in [6, 6.07) is 2.12. The third-order valence-corrected chi connectivity index (χ3v) is 1.99. The summed E-state index contributed by atoms with van der Waals surface area (Å²) in [6.45, 7) is 6.52. The van der Waals surface area contributed by atoms with Crippen molar-refractivity contribution in [2.24, 2.45) is 0 Å². The number of carbonyl (C=O) groups is 1. The Labute approximate surface area is 92.0 Å². The van der Waals surface area contributed by atoms with Gasteiger partial charge < -0.3 is 10.6 Å². The van der Waals surface area contributed by atoms with Crippen LogP contribution in [0.1, 0.15) is 40.0 Å². The van der Waals surface area contributed by atoms with E-state index in [0.29, 0.717) is 6.42 Å². The number of nitriles is 1. The minimum Gasteiger partial charge on any atom is -0.353 e. The molecule has 0 aliphatic heterocycles. The van der Waals surface area contributed by atoms with Crippen molar-refractivity contribution in [3.63, 3.8) is 0 Å². The summed E-state index contributed by atoms with van der Waals surface area (Å²) in [5.41, 5.74) is 0. The molecular formula is C11H21N3O. The lowest BCUT2D eigenvalue weighted by Gasteiger charge is -2.15. The van der Waals surface area contributed by atoms with Crippen LogP contribution in [0.3, 0.4) is 0 Å². The van der Waals surface area contributed by atoms with E-state index in [-0.39, 0.29) is 18.0 Å². The highest BCUT2D eigenvalue weighted by Gasteiger charge is 2.11. The molecule has 0 fully saturated rings. The second-order valence-corrected chi connectivity index (χ2v) is 3.95. The van der Waals surface area contributed by atoms with Crippen LogP contribution in [0.25, 0.3) is 0 Å². The van der Waals surface area contributed by atoms with E-state index in [0.717, 1.165) is 19.4 Å². The van der Waals surface area contributed by atoms with Crippen molar-refractivity contribution < 1.29 is 4.79 Å². The van der Waals surface area contributed by atoms with Gasteiger partial charge in [0.1, 0.15) is 0 Å². The zero-order valence-electron chi connectivity index (χ0n) is 9.84. The number of hydrogen-bond acceptors (Lipinski definition) is 3. The van der Waals surface area contributed by atoms with Crippen LogP contribution in [-0.2, 0) is 4.79 Å². The van der Waals surface area contributed by atoms with Crippen molar-refractivity contribution in [2.45, 2.75) is 52.1 Å². The van der Waals surface area contributed by atoms with E-state index in [1.54, 1.807) is 0 Å². The molecule has 4 nitrogen and oxygen atoms in total. The number of nitrogens with zero attached hydrogens (tertiary/aromatic N) is 1. The summed E-state index contributed by atoms with van der Waals surface area (Å²) in [4.78, 5) is 11.4. The summed E-state index contributed by atoms with van der Waals surface area (Å²) in [6.07, 6.45) is 2.42. The van der Waals surface area contributed by atoms with Crippen molar-refractivity contribution in [3.8, 4) is 6.07 Å². The predicted octanol–water partition coefficient (Wildman–Crippen LogP) is 1.18. The maximum Gasteiger partial charge on any atom is 0.237 e. The number of carbonyl (C=O) groups excluding carboxylic acids is 1. The Morgan fingerprint density at radius 2 is 2.00 bits per heavy atom. The molecule has 0 aromatic carbocycles. The van der Waals surface area contributed by atoms with Gasteiger partial charge in [-0.3, -0.25) is 4.79 Å². The van der Waals surface area contributed by atoms with Crippen LogP contribution < -0.4 is 10.6 Å². The third kappa shape index (κ3) is 7.95. The molecule has 1 amide bonds. The second kappa shape index (κ2) is 8.25. The molecule has 0 aliphatic rings. The molecule has 4 heteroatoms. The Morgan fingerprint density at radius 1 is 1.33 bits per heavy atom. The maximum atomic E-state index is 11.4. The van der Waals surface area contributed by atoms with E-state index < -0.39 is 0 Å². The molecule has 15 heavy (non-hydrogen) atoms. The molecule has 0 saturated heterocycles. The van der Waals surface area contributed by atoms with Crippen molar-refractivity contribution in [3.05, 3.63) is 0 Å². The molecule has 0 bridgehead atoms. The Balaban J connectivity index is 3.52. The summed E-state index contributed by atoms with van der Waals surface area (Å²) in [7, 11) is 0. The average Bonchev–Trinajstić information content (AvgIpc) is 2.16. The van der Waals surface area contributed by atoms with Gasteiger partial charge in [-0.15, -0.1) is 0 Å². The third-order valence-electron chi connectivity index (χ3n) is 1.99. The van der Waals surface area contributed by atoms with Gasteiger partial charge in [-0.05, 0) is 40.2 Å².